The number of rotatable bonds is 12. The van der Waals surface area contributed by atoms with E-state index in [0.717, 1.165) is 77.7 Å². The van der Waals surface area contributed by atoms with Gasteiger partial charge in [0.2, 0.25) is 5.91 Å². The summed E-state index contributed by atoms with van der Waals surface area (Å²) in [5, 5.41) is 53.8. The SMILES string of the molecule is Cc1sc2c(c1C)C(c1ccc(Cl)cc1)=N[C@@H](CC(=O)N[C@H](C)c1cccc(CN3CCC(Cc4ccc(-n5c(O)nnc5-c5cc(C(C)C)c(O)cc5O)cc4)CC3)c1)c1nnc(C)n1-2. The zero-order valence-corrected chi connectivity index (χ0v) is 39.5. The summed E-state index contributed by atoms with van der Waals surface area (Å²) in [5.41, 5.74) is 9.10. The smallest absolute Gasteiger partial charge is 0.319 e. The fourth-order valence-corrected chi connectivity index (χ4v) is 10.6. The normalized spacial score (nSPS) is 15.9. The topological polar surface area (TPSA) is 167 Å². The zero-order valence-electron chi connectivity index (χ0n) is 38.0. The number of hydrogen-bond acceptors (Lipinski definition) is 11. The number of aromatic hydroxyl groups is 3. The minimum absolute atomic E-state index is 0.00734. The summed E-state index contributed by atoms with van der Waals surface area (Å²) in [5.74, 6) is 1.98. The van der Waals surface area contributed by atoms with Crippen LogP contribution in [0.3, 0.4) is 0 Å². The van der Waals surface area contributed by atoms with E-state index in [0.29, 0.717) is 33.6 Å². The quantitative estimate of drug-likeness (QED) is 0.0933. The molecule has 4 aromatic carbocycles. The fourth-order valence-electron chi connectivity index (χ4n) is 9.30. The first-order valence-electron chi connectivity index (χ1n) is 22.5. The molecule has 2 aliphatic rings. The van der Waals surface area contributed by atoms with Gasteiger partial charge >= 0.3 is 6.01 Å². The molecular formula is C51H54ClN9O4S. The number of fused-ring (bicyclic) bond motifs is 3. The van der Waals surface area contributed by atoms with Gasteiger partial charge in [-0.15, -0.1) is 26.6 Å². The lowest BCUT2D eigenvalue weighted by atomic mass is 9.90. The van der Waals surface area contributed by atoms with Crippen LogP contribution in [0.1, 0.15) is 114 Å². The minimum atomic E-state index is -0.549. The van der Waals surface area contributed by atoms with E-state index in [9.17, 15) is 20.1 Å². The number of likely N-dealkylation sites (tertiary alicyclic amines) is 1. The van der Waals surface area contributed by atoms with Crippen molar-refractivity contribution in [1.82, 2.24) is 39.7 Å². The van der Waals surface area contributed by atoms with E-state index in [1.165, 1.54) is 26.6 Å². The molecule has 0 aliphatic carbocycles. The maximum Gasteiger partial charge on any atom is 0.319 e. The van der Waals surface area contributed by atoms with Gasteiger partial charge in [0.1, 0.15) is 28.4 Å². The van der Waals surface area contributed by atoms with Gasteiger partial charge in [0.05, 0.1) is 29.4 Å². The van der Waals surface area contributed by atoms with Crippen LogP contribution in [0.15, 0.2) is 89.9 Å². The van der Waals surface area contributed by atoms with Crippen LogP contribution in [0.5, 0.6) is 17.5 Å². The number of phenolic OH excluding ortho intramolecular Hbond substituents is 2. The van der Waals surface area contributed by atoms with E-state index < -0.39 is 6.04 Å². The number of carbonyl (C=O) groups excluding carboxylic acids is 1. The third-order valence-corrected chi connectivity index (χ3v) is 14.5. The highest BCUT2D eigenvalue weighted by Crippen LogP contribution is 2.41. The number of phenols is 2. The van der Waals surface area contributed by atoms with Crippen molar-refractivity contribution in [3.05, 3.63) is 145 Å². The second-order valence-electron chi connectivity index (χ2n) is 18.0. The molecule has 1 amide bonds. The molecule has 0 spiro atoms. The molecule has 2 aliphatic heterocycles. The molecule has 3 aromatic heterocycles. The molecule has 4 N–H and O–H groups in total. The average Bonchev–Trinajstić information content (AvgIpc) is 3.93. The molecule has 15 heteroatoms. The Kier molecular flexibility index (Phi) is 12.6. The van der Waals surface area contributed by atoms with Crippen molar-refractivity contribution in [2.45, 2.75) is 91.8 Å². The standard InChI is InChI=1S/C51H54ClN9O4S/c1-28(2)40-24-41(44(63)26-43(40)62)48-56-58-51(65)61(48)39-16-10-33(11-17-39)22-34-18-20-59(21-19-34)27-35-8-7-9-37(23-35)30(4)53-45(64)25-42-49-57-55-32(6)60(49)50-46(29(3)31(5)66-50)47(54-42)36-12-14-38(52)15-13-36/h7-17,23-24,26,28,30,34,42,62-63H,18-22,25,27H2,1-6H3,(H,53,64)(H,58,65)/t30-,42+/m1/s1. The van der Waals surface area contributed by atoms with Crippen molar-refractivity contribution in [3.63, 3.8) is 0 Å². The number of piperidine rings is 1. The number of aromatic nitrogens is 6. The number of hydrogen-bond donors (Lipinski definition) is 4. The van der Waals surface area contributed by atoms with Crippen LogP contribution >= 0.6 is 22.9 Å². The molecule has 2 atom stereocenters. The summed E-state index contributed by atoms with van der Waals surface area (Å²) in [7, 11) is 0. The van der Waals surface area contributed by atoms with Gasteiger partial charge in [-0.1, -0.05) is 79.1 Å². The van der Waals surface area contributed by atoms with Gasteiger partial charge in [0, 0.05) is 33.6 Å². The van der Waals surface area contributed by atoms with Gasteiger partial charge < -0.3 is 20.6 Å². The Morgan fingerprint density at radius 1 is 0.848 bits per heavy atom. The Balaban J connectivity index is 0.817. The highest BCUT2D eigenvalue weighted by atomic mass is 35.5. The Morgan fingerprint density at radius 3 is 2.32 bits per heavy atom. The second-order valence-corrected chi connectivity index (χ2v) is 19.6. The van der Waals surface area contributed by atoms with E-state index >= 15 is 0 Å². The third kappa shape index (κ3) is 8.97. The first-order valence-corrected chi connectivity index (χ1v) is 23.7. The van der Waals surface area contributed by atoms with Crippen LogP contribution in [0, 0.1) is 26.7 Å². The molecule has 0 radical (unpaired) electrons. The summed E-state index contributed by atoms with van der Waals surface area (Å²) in [6.07, 6.45) is 3.21. The average molecular weight is 925 g/mol. The molecule has 5 heterocycles. The van der Waals surface area contributed by atoms with Gasteiger partial charge in [0.25, 0.3) is 0 Å². The first kappa shape index (κ1) is 44.8. The largest absolute Gasteiger partial charge is 0.508 e. The molecule has 1 saturated heterocycles. The maximum absolute atomic E-state index is 13.9. The van der Waals surface area contributed by atoms with Crippen molar-refractivity contribution < 1.29 is 20.1 Å². The number of nitrogens with zero attached hydrogens (tertiary/aromatic N) is 8. The zero-order chi connectivity index (χ0) is 46.4. The van der Waals surface area contributed by atoms with E-state index in [2.05, 4.69) is 85.4 Å². The molecule has 7 aromatic rings. The lowest BCUT2D eigenvalue weighted by molar-refractivity contribution is -0.122. The van der Waals surface area contributed by atoms with Crippen molar-refractivity contribution >= 4 is 34.6 Å². The van der Waals surface area contributed by atoms with E-state index in [1.807, 2.05) is 64.1 Å². The minimum Gasteiger partial charge on any atom is -0.508 e. The van der Waals surface area contributed by atoms with Gasteiger partial charge in [-0.25, -0.2) is 4.57 Å². The Hall–Kier alpha value is -6.35. The van der Waals surface area contributed by atoms with Crippen molar-refractivity contribution in [1.29, 1.82) is 0 Å². The van der Waals surface area contributed by atoms with Gasteiger partial charge in [-0.2, -0.15) is 0 Å². The molecule has 0 bridgehead atoms. The van der Waals surface area contributed by atoms with Crippen LogP contribution in [0.25, 0.3) is 22.1 Å². The highest BCUT2D eigenvalue weighted by molar-refractivity contribution is 7.15. The summed E-state index contributed by atoms with van der Waals surface area (Å²) >= 11 is 7.98. The van der Waals surface area contributed by atoms with Crippen LogP contribution in [-0.4, -0.2) is 74.5 Å². The number of aryl methyl sites for hydroxylation is 2. The van der Waals surface area contributed by atoms with E-state index in [4.69, 9.17) is 16.6 Å². The fraction of sp³-hybridized carbons (Fsp3) is 0.333. The van der Waals surface area contributed by atoms with Gasteiger partial charge in [-0.05, 0) is 130 Å². The Labute approximate surface area is 393 Å². The number of halogens is 1. The van der Waals surface area contributed by atoms with Crippen molar-refractivity contribution in [2.75, 3.05) is 13.1 Å². The Bertz CT molecular complexity index is 2950. The van der Waals surface area contributed by atoms with Crippen LogP contribution < -0.4 is 5.32 Å². The molecule has 13 nitrogen and oxygen atoms in total. The monoisotopic (exact) mass is 923 g/mol. The lowest BCUT2D eigenvalue weighted by Crippen LogP contribution is -2.34. The van der Waals surface area contributed by atoms with Crippen LogP contribution in [-0.2, 0) is 17.8 Å². The summed E-state index contributed by atoms with van der Waals surface area (Å²) in [6.45, 7) is 14.9. The maximum atomic E-state index is 13.9. The van der Waals surface area contributed by atoms with Crippen molar-refractivity contribution in [3.8, 4) is 39.6 Å². The van der Waals surface area contributed by atoms with Gasteiger partial charge in [0.15, 0.2) is 11.6 Å². The summed E-state index contributed by atoms with van der Waals surface area (Å²) < 4.78 is 3.57. The second kappa shape index (κ2) is 18.5. The number of aliphatic imine (C=N–C) groups is 1. The number of benzene rings is 4. The highest BCUT2D eigenvalue weighted by Gasteiger charge is 2.33. The molecule has 0 unspecified atom stereocenters. The molecule has 1 fully saturated rings. The summed E-state index contributed by atoms with van der Waals surface area (Å²) in [6, 6.07) is 26.2. The third-order valence-electron chi connectivity index (χ3n) is 13.1. The van der Waals surface area contributed by atoms with Gasteiger partial charge in [-0.3, -0.25) is 19.3 Å². The molecule has 66 heavy (non-hydrogen) atoms. The number of nitrogens with one attached hydrogen (secondary N) is 1. The van der Waals surface area contributed by atoms with Crippen LogP contribution in [0.4, 0.5) is 0 Å². The number of carbonyl (C=O) groups is 1. The van der Waals surface area contributed by atoms with Crippen molar-refractivity contribution in [2.24, 2.45) is 10.9 Å². The Morgan fingerprint density at radius 2 is 1.59 bits per heavy atom. The van der Waals surface area contributed by atoms with E-state index in [1.54, 1.807) is 17.4 Å². The lowest BCUT2D eigenvalue weighted by Gasteiger charge is -2.32. The molecule has 340 valence electrons. The van der Waals surface area contributed by atoms with Crippen LogP contribution in [0.2, 0.25) is 5.02 Å². The molecule has 9 rings (SSSR count). The first-order chi connectivity index (χ1) is 31.7. The molecular weight excluding hydrogens is 870 g/mol. The predicted molar refractivity (Wildman–Crippen MR) is 258 cm³/mol. The number of thiophene rings is 1. The summed E-state index contributed by atoms with van der Waals surface area (Å²) in [4.78, 5) is 22.9. The van der Waals surface area contributed by atoms with E-state index in [-0.39, 0.29) is 47.6 Å². The predicted octanol–water partition coefficient (Wildman–Crippen LogP) is 10.0. The number of amides is 1. The molecule has 0 saturated carbocycles.